The van der Waals surface area contributed by atoms with E-state index in [1.807, 2.05) is 0 Å². The first-order chi connectivity index (χ1) is 8.49. The van der Waals surface area contributed by atoms with Gasteiger partial charge < -0.3 is 11.1 Å². The normalized spacial score (nSPS) is 22.4. The van der Waals surface area contributed by atoms with Gasteiger partial charge >= 0.3 is 0 Å². The van der Waals surface area contributed by atoms with Crippen LogP contribution in [-0.2, 0) is 4.79 Å². The Morgan fingerprint density at radius 1 is 1.44 bits per heavy atom. The molecule has 1 heterocycles. The Kier molecular flexibility index (Phi) is 3.55. The summed E-state index contributed by atoms with van der Waals surface area (Å²) >= 11 is 0. The molecule has 4 nitrogen and oxygen atoms in total. The Bertz CT molecular complexity index is 425. The average Bonchev–Trinajstić information content (AvgIpc) is 2.31. The molecule has 1 fully saturated rings. The molecular formula is C14H21N3O. The third kappa shape index (κ3) is 2.81. The van der Waals surface area contributed by atoms with Gasteiger partial charge in [-0.25, -0.2) is 4.98 Å². The monoisotopic (exact) mass is 247 g/mol. The van der Waals surface area contributed by atoms with Gasteiger partial charge in [-0.05, 0) is 30.4 Å². The Morgan fingerprint density at radius 2 is 2.22 bits per heavy atom. The highest BCUT2D eigenvalue weighted by Crippen LogP contribution is 2.40. The number of hydrogen-bond acceptors (Lipinski definition) is 3. The number of nitrogens with one attached hydrogen (secondary N) is 1. The highest BCUT2D eigenvalue weighted by molar-refractivity contribution is 5.93. The second-order valence-electron chi connectivity index (χ2n) is 5.75. The first-order valence-corrected chi connectivity index (χ1v) is 6.51. The second-order valence-corrected chi connectivity index (χ2v) is 5.75. The van der Waals surface area contributed by atoms with E-state index in [-0.39, 0.29) is 17.2 Å². The van der Waals surface area contributed by atoms with Crippen molar-refractivity contribution in [1.29, 1.82) is 0 Å². The molecule has 0 radical (unpaired) electrons. The van der Waals surface area contributed by atoms with Crippen molar-refractivity contribution in [2.24, 2.45) is 11.3 Å². The van der Waals surface area contributed by atoms with Crippen LogP contribution in [-0.4, -0.2) is 10.9 Å². The van der Waals surface area contributed by atoms with Crippen molar-refractivity contribution in [2.75, 3.05) is 11.1 Å². The number of nitrogens with zero attached hydrogens (tertiary/aromatic N) is 1. The van der Waals surface area contributed by atoms with Crippen molar-refractivity contribution in [3.63, 3.8) is 0 Å². The molecule has 1 aliphatic carbocycles. The van der Waals surface area contributed by atoms with E-state index in [0.29, 0.717) is 5.82 Å². The van der Waals surface area contributed by atoms with Crippen LogP contribution >= 0.6 is 0 Å². The van der Waals surface area contributed by atoms with Crippen LogP contribution in [0.25, 0.3) is 0 Å². The fourth-order valence-electron chi connectivity index (χ4n) is 2.69. The summed E-state index contributed by atoms with van der Waals surface area (Å²) in [6.45, 7) is 4.36. The molecule has 0 aliphatic heterocycles. The fourth-order valence-corrected chi connectivity index (χ4v) is 2.69. The quantitative estimate of drug-likeness (QED) is 0.844. The lowest BCUT2D eigenvalue weighted by Gasteiger charge is -2.37. The summed E-state index contributed by atoms with van der Waals surface area (Å²) < 4.78 is 0. The number of hydrogen-bond donors (Lipinski definition) is 2. The van der Waals surface area contributed by atoms with Crippen LogP contribution in [0.3, 0.4) is 0 Å². The van der Waals surface area contributed by atoms with Crippen molar-refractivity contribution in [3.8, 4) is 0 Å². The second kappa shape index (κ2) is 4.96. The first-order valence-electron chi connectivity index (χ1n) is 6.51. The molecule has 1 unspecified atom stereocenters. The first kappa shape index (κ1) is 12.9. The smallest absolute Gasteiger partial charge is 0.228 e. The third-order valence-corrected chi connectivity index (χ3v) is 3.88. The Labute approximate surface area is 108 Å². The Balaban J connectivity index is 2.05. The van der Waals surface area contributed by atoms with Crippen LogP contribution in [0.4, 0.5) is 11.5 Å². The van der Waals surface area contributed by atoms with E-state index >= 15 is 0 Å². The van der Waals surface area contributed by atoms with Gasteiger partial charge in [-0.1, -0.05) is 26.7 Å². The summed E-state index contributed by atoms with van der Waals surface area (Å²) in [6.07, 6.45) is 6.05. The van der Waals surface area contributed by atoms with E-state index in [9.17, 15) is 4.79 Å². The number of anilines is 2. The molecule has 1 aromatic rings. The summed E-state index contributed by atoms with van der Waals surface area (Å²) in [5.41, 5.74) is 6.32. The minimum absolute atomic E-state index is 0.0869. The number of nitrogens with two attached hydrogens (primary N) is 1. The van der Waals surface area contributed by atoms with Gasteiger partial charge in [-0.2, -0.15) is 0 Å². The molecule has 98 valence electrons. The largest absolute Gasteiger partial charge is 0.384 e. The minimum atomic E-state index is 0.0869. The van der Waals surface area contributed by atoms with Gasteiger partial charge in [0.1, 0.15) is 5.82 Å². The van der Waals surface area contributed by atoms with Crippen LogP contribution in [0.2, 0.25) is 0 Å². The van der Waals surface area contributed by atoms with Crippen molar-refractivity contribution in [2.45, 2.75) is 39.5 Å². The summed E-state index contributed by atoms with van der Waals surface area (Å²) in [7, 11) is 0. The molecule has 3 N–H and O–H groups in total. The molecule has 1 saturated carbocycles. The predicted molar refractivity (Wildman–Crippen MR) is 73.0 cm³/mol. The zero-order chi connectivity index (χ0) is 13.2. The summed E-state index contributed by atoms with van der Waals surface area (Å²) in [6, 6.07) is 3.48. The van der Waals surface area contributed by atoms with Crippen LogP contribution in [0, 0.1) is 11.3 Å². The average molecular weight is 247 g/mol. The molecule has 2 rings (SSSR count). The Hall–Kier alpha value is -1.58. The summed E-state index contributed by atoms with van der Waals surface area (Å²) in [4.78, 5) is 16.3. The molecule has 18 heavy (non-hydrogen) atoms. The molecule has 1 atom stereocenters. The van der Waals surface area contributed by atoms with Crippen LogP contribution in [0.1, 0.15) is 39.5 Å². The Morgan fingerprint density at radius 3 is 2.83 bits per heavy atom. The number of rotatable bonds is 2. The molecule has 0 aromatic carbocycles. The number of aromatic nitrogens is 1. The van der Waals surface area contributed by atoms with Gasteiger partial charge in [-0.3, -0.25) is 4.79 Å². The van der Waals surface area contributed by atoms with E-state index in [1.165, 1.54) is 6.42 Å². The van der Waals surface area contributed by atoms with Crippen molar-refractivity contribution >= 4 is 17.4 Å². The van der Waals surface area contributed by atoms with Crippen LogP contribution < -0.4 is 11.1 Å². The maximum atomic E-state index is 12.3. The van der Waals surface area contributed by atoms with Crippen molar-refractivity contribution in [1.82, 2.24) is 4.98 Å². The number of amides is 1. The highest BCUT2D eigenvalue weighted by Gasteiger charge is 2.37. The SMILES string of the molecule is CC1(C)CCCCC1C(=O)Nc1ccc(N)nc1. The van der Waals surface area contributed by atoms with Gasteiger partial charge in [0.2, 0.25) is 5.91 Å². The number of carbonyl (C=O) groups is 1. The van der Waals surface area contributed by atoms with E-state index in [1.54, 1.807) is 18.3 Å². The molecule has 0 saturated heterocycles. The molecule has 4 heteroatoms. The van der Waals surface area contributed by atoms with Gasteiger partial charge in [0.05, 0.1) is 11.9 Å². The lowest BCUT2D eigenvalue weighted by Crippen LogP contribution is -2.37. The van der Waals surface area contributed by atoms with Crippen molar-refractivity contribution in [3.05, 3.63) is 18.3 Å². The van der Waals surface area contributed by atoms with Crippen molar-refractivity contribution < 1.29 is 4.79 Å². The lowest BCUT2D eigenvalue weighted by molar-refractivity contribution is -0.124. The van der Waals surface area contributed by atoms with Gasteiger partial charge in [0.15, 0.2) is 0 Å². The predicted octanol–water partition coefficient (Wildman–Crippen LogP) is 2.82. The maximum absolute atomic E-state index is 12.3. The summed E-state index contributed by atoms with van der Waals surface area (Å²) in [5.74, 6) is 0.654. The fraction of sp³-hybridized carbons (Fsp3) is 0.571. The van der Waals surface area contributed by atoms with E-state index in [4.69, 9.17) is 5.73 Å². The number of nitrogen functional groups attached to an aromatic ring is 1. The molecule has 1 aliphatic rings. The molecule has 0 bridgehead atoms. The molecular weight excluding hydrogens is 226 g/mol. The number of carbonyl (C=O) groups excluding carboxylic acids is 1. The maximum Gasteiger partial charge on any atom is 0.228 e. The van der Waals surface area contributed by atoms with E-state index in [0.717, 1.165) is 24.9 Å². The molecule has 1 aromatic heterocycles. The van der Waals surface area contributed by atoms with Gasteiger partial charge in [0.25, 0.3) is 0 Å². The van der Waals surface area contributed by atoms with E-state index < -0.39 is 0 Å². The molecule has 1 amide bonds. The highest BCUT2D eigenvalue weighted by atomic mass is 16.1. The molecule has 0 spiro atoms. The van der Waals surface area contributed by atoms with Crippen LogP contribution in [0.5, 0.6) is 0 Å². The van der Waals surface area contributed by atoms with Gasteiger partial charge in [-0.15, -0.1) is 0 Å². The van der Waals surface area contributed by atoms with E-state index in [2.05, 4.69) is 24.1 Å². The third-order valence-electron chi connectivity index (χ3n) is 3.88. The van der Waals surface area contributed by atoms with Gasteiger partial charge in [0, 0.05) is 5.92 Å². The standard InChI is InChI=1S/C14H21N3O/c1-14(2)8-4-3-5-11(14)13(18)17-10-6-7-12(15)16-9-10/h6-7,9,11H,3-5,8H2,1-2H3,(H2,15,16)(H,17,18). The topological polar surface area (TPSA) is 68.0 Å². The van der Waals surface area contributed by atoms with Crippen LogP contribution in [0.15, 0.2) is 18.3 Å². The number of pyridine rings is 1. The zero-order valence-electron chi connectivity index (χ0n) is 11.1. The summed E-state index contributed by atoms with van der Waals surface area (Å²) in [5, 5.41) is 2.94. The minimum Gasteiger partial charge on any atom is -0.384 e. The lowest BCUT2D eigenvalue weighted by atomic mass is 9.68. The zero-order valence-corrected chi connectivity index (χ0v) is 11.1.